The molecule has 2 aromatic heterocycles. The number of hydrogen-bond donors (Lipinski definition) is 1. The summed E-state index contributed by atoms with van der Waals surface area (Å²) in [6.07, 6.45) is 1.93. The third kappa shape index (κ3) is 5.17. The number of pyridine rings is 1. The van der Waals surface area contributed by atoms with Gasteiger partial charge in [0.05, 0.1) is 17.8 Å². The van der Waals surface area contributed by atoms with Crippen LogP contribution in [-0.2, 0) is 11.3 Å². The molecule has 2 aromatic rings. The van der Waals surface area contributed by atoms with E-state index >= 15 is 0 Å². The smallest absolute Gasteiger partial charge is 0.257 e. The zero-order chi connectivity index (χ0) is 18.4. The third-order valence-electron chi connectivity index (χ3n) is 3.93. The minimum atomic E-state index is -0.109. The number of nitrogens with zero attached hydrogens (tertiary/aromatic N) is 2. The standard InChI is InChI=1S/C19H25N3O3/c1-13(2)22(19(24)17-11-14(3)25-15(17)4)10-8-18(23)21-12-16-7-5-6-9-20-16/h5-7,9,11,13H,8,10,12H2,1-4H3,(H,21,23). The molecule has 25 heavy (non-hydrogen) atoms. The van der Waals surface area contributed by atoms with Crippen molar-refractivity contribution in [1.29, 1.82) is 0 Å². The van der Waals surface area contributed by atoms with Crippen LogP contribution in [0.15, 0.2) is 34.9 Å². The maximum atomic E-state index is 12.7. The Labute approximate surface area is 148 Å². The molecule has 0 radical (unpaired) electrons. The molecule has 2 heterocycles. The first kappa shape index (κ1) is 18.7. The number of amides is 2. The van der Waals surface area contributed by atoms with Crippen LogP contribution in [0.1, 0.15) is 47.8 Å². The number of aromatic nitrogens is 1. The Morgan fingerprint density at radius 1 is 1.28 bits per heavy atom. The number of nitrogens with one attached hydrogen (secondary N) is 1. The Morgan fingerprint density at radius 3 is 2.60 bits per heavy atom. The molecule has 0 aromatic carbocycles. The van der Waals surface area contributed by atoms with Crippen LogP contribution in [-0.4, -0.2) is 34.3 Å². The summed E-state index contributed by atoms with van der Waals surface area (Å²) in [5, 5.41) is 2.83. The highest BCUT2D eigenvalue weighted by atomic mass is 16.3. The molecule has 0 unspecified atom stereocenters. The van der Waals surface area contributed by atoms with E-state index in [1.165, 1.54) is 0 Å². The fourth-order valence-corrected chi connectivity index (χ4v) is 2.59. The highest BCUT2D eigenvalue weighted by Crippen LogP contribution is 2.17. The molecule has 0 spiro atoms. The number of furan rings is 1. The van der Waals surface area contributed by atoms with Gasteiger partial charge in [-0.15, -0.1) is 0 Å². The van der Waals surface area contributed by atoms with Crippen LogP contribution in [0.2, 0.25) is 0 Å². The molecule has 6 heteroatoms. The number of carbonyl (C=O) groups excluding carboxylic acids is 2. The Morgan fingerprint density at radius 2 is 2.04 bits per heavy atom. The Kier molecular flexibility index (Phi) is 6.33. The summed E-state index contributed by atoms with van der Waals surface area (Å²) in [7, 11) is 0. The van der Waals surface area contributed by atoms with Crippen LogP contribution >= 0.6 is 0 Å². The fraction of sp³-hybridized carbons (Fsp3) is 0.421. The molecule has 2 amide bonds. The lowest BCUT2D eigenvalue weighted by molar-refractivity contribution is -0.121. The van der Waals surface area contributed by atoms with Gasteiger partial charge in [0.2, 0.25) is 5.91 Å². The zero-order valence-corrected chi connectivity index (χ0v) is 15.2. The molecule has 0 saturated carbocycles. The van der Waals surface area contributed by atoms with E-state index in [1.807, 2.05) is 39.0 Å². The lowest BCUT2D eigenvalue weighted by Gasteiger charge is -2.26. The van der Waals surface area contributed by atoms with Crippen LogP contribution in [0.25, 0.3) is 0 Å². The summed E-state index contributed by atoms with van der Waals surface area (Å²) in [4.78, 5) is 30.7. The van der Waals surface area contributed by atoms with Gasteiger partial charge in [0.15, 0.2) is 0 Å². The van der Waals surface area contributed by atoms with Crippen molar-refractivity contribution in [3.05, 3.63) is 53.2 Å². The van der Waals surface area contributed by atoms with Gasteiger partial charge in [-0.1, -0.05) is 6.07 Å². The van der Waals surface area contributed by atoms with Crippen LogP contribution in [0, 0.1) is 13.8 Å². The van der Waals surface area contributed by atoms with E-state index in [4.69, 9.17) is 4.42 Å². The largest absolute Gasteiger partial charge is 0.466 e. The quantitative estimate of drug-likeness (QED) is 0.839. The first-order valence-corrected chi connectivity index (χ1v) is 8.43. The van der Waals surface area contributed by atoms with Gasteiger partial charge in [0.1, 0.15) is 11.5 Å². The van der Waals surface area contributed by atoms with Crippen molar-refractivity contribution in [2.75, 3.05) is 6.54 Å². The summed E-state index contributed by atoms with van der Waals surface area (Å²) in [6.45, 7) is 8.20. The molecule has 0 fully saturated rings. The lowest BCUT2D eigenvalue weighted by atomic mass is 10.1. The molecule has 0 atom stereocenters. The average Bonchev–Trinajstić information content (AvgIpc) is 2.92. The first-order valence-electron chi connectivity index (χ1n) is 8.43. The summed E-state index contributed by atoms with van der Waals surface area (Å²) in [6, 6.07) is 7.30. The topological polar surface area (TPSA) is 75.4 Å². The van der Waals surface area contributed by atoms with Crippen molar-refractivity contribution in [3.63, 3.8) is 0 Å². The van der Waals surface area contributed by atoms with E-state index in [0.717, 1.165) is 5.69 Å². The van der Waals surface area contributed by atoms with Gasteiger partial charge in [-0.2, -0.15) is 0 Å². The molecule has 1 N–H and O–H groups in total. The second-order valence-corrected chi connectivity index (χ2v) is 6.27. The molecule has 2 rings (SSSR count). The minimum absolute atomic E-state index is 0.00861. The number of carbonyl (C=O) groups is 2. The second-order valence-electron chi connectivity index (χ2n) is 6.27. The molecule has 134 valence electrons. The summed E-state index contributed by atoms with van der Waals surface area (Å²) in [5.41, 5.74) is 1.36. The second kappa shape index (κ2) is 8.46. The van der Waals surface area contributed by atoms with E-state index in [9.17, 15) is 9.59 Å². The molecule has 0 aliphatic heterocycles. The van der Waals surface area contributed by atoms with Gasteiger partial charge in [-0.3, -0.25) is 14.6 Å². The molecule has 6 nitrogen and oxygen atoms in total. The van der Waals surface area contributed by atoms with Crippen molar-refractivity contribution >= 4 is 11.8 Å². The summed E-state index contributed by atoms with van der Waals surface area (Å²) >= 11 is 0. The van der Waals surface area contributed by atoms with Crippen molar-refractivity contribution in [3.8, 4) is 0 Å². The van der Waals surface area contributed by atoms with Crippen molar-refractivity contribution in [2.45, 2.75) is 46.7 Å². The van der Waals surface area contributed by atoms with Gasteiger partial charge in [0.25, 0.3) is 5.91 Å². The molecule has 0 aliphatic carbocycles. The Balaban J connectivity index is 1.92. The van der Waals surface area contributed by atoms with Crippen molar-refractivity contribution < 1.29 is 14.0 Å². The first-order chi connectivity index (χ1) is 11.9. The third-order valence-corrected chi connectivity index (χ3v) is 3.93. The van der Waals surface area contributed by atoms with Gasteiger partial charge < -0.3 is 14.6 Å². The van der Waals surface area contributed by atoms with E-state index in [2.05, 4.69) is 10.3 Å². The number of aryl methyl sites for hydroxylation is 2. The average molecular weight is 343 g/mol. The maximum Gasteiger partial charge on any atom is 0.257 e. The molecule has 0 saturated heterocycles. The zero-order valence-electron chi connectivity index (χ0n) is 15.2. The van der Waals surface area contributed by atoms with Gasteiger partial charge >= 0.3 is 0 Å². The normalized spacial score (nSPS) is 10.8. The SMILES string of the molecule is Cc1cc(C(=O)N(CCC(=O)NCc2ccccn2)C(C)C)c(C)o1. The summed E-state index contributed by atoms with van der Waals surface area (Å²) in [5.74, 6) is 1.09. The molecule has 0 bridgehead atoms. The predicted molar refractivity (Wildman–Crippen MR) is 95.1 cm³/mol. The minimum Gasteiger partial charge on any atom is -0.466 e. The highest BCUT2D eigenvalue weighted by molar-refractivity contribution is 5.95. The van der Waals surface area contributed by atoms with Gasteiger partial charge in [0, 0.05) is 25.2 Å². The van der Waals surface area contributed by atoms with Crippen molar-refractivity contribution in [1.82, 2.24) is 15.2 Å². The van der Waals surface area contributed by atoms with Crippen LogP contribution < -0.4 is 5.32 Å². The van der Waals surface area contributed by atoms with Crippen LogP contribution in [0.5, 0.6) is 0 Å². The monoisotopic (exact) mass is 343 g/mol. The van der Waals surface area contributed by atoms with Crippen molar-refractivity contribution in [2.24, 2.45) is 0 Å². The predicted octanol–water partition coefficient (Wildman–Crippen LogP) is 2.85. The fourth-order valence-electron chi connectivity index (χ4n) is 2.59. The van der Waals surface area contributed by atoms with Gasteiger partial charge in [-0.05, 0) is 45.9 Å². The van der Waals surface area contributed by atoms with Gasteiger partial charge in [-0.25, -0.2) is 0 Å². The summed E-state index contributed by atoms with van der Waals surface area (Å²) < 4.78 is 5.44. The van der Waals surface area contributed by atoms with E-state index in [1.54, 1.807) is 24.1 Å². The Bertz CT molecular complexity index is 723. The highest BCUT2D eigenvalue weighted by Gasteiger charge is 2.23. The number of hydrogen-bond acceptors (Lipinski definition) is 4. The van der Waals surface area contributed by atoms with Crippen LogP contribution in [0.4, 0.5) is 0 Å². The van der Waals surface area contributed by atoms with E-state index in [-0.39, 0.29) is 24.3 Å². The lowest BCUT2D eigenvalue weighted by Crippen LogP contribution is -2.39. The number of rotatable bonds is 7. The Hall–Kier alpha value is -2.63. The maximum absolute atomic E-state index is 12.7. The van der Waals surface area contributed by atoms with Crippen LogP contribution in [0.3, 0.4) is 0 Å². The van der Waals surface area contributed by atoms with E-state index in [0.29, 0.717) is 30.2 Å². The molecular weight excluding hydrogens is 318 g/mol. The van der Waals surface area contributed by atoms with E-state index < -0.39 is 0 Å². The molecule has 0 aliphatic rings. The molecular formula is C19H25N3O3.